The molecule has 1 N–H and O–H groups in total. The highest BCUT2D eigenvalue weighted by atomic mass is 32.2. The molecule has 0 spiro atoms. The number of hydrogen-bond acceptors (Lipinski definition) is 10. The highest BCUT2D eigenvalue weighted by Gasteiger charge is 2.70. The molecule has 5 rings (SSSR count). The Hall–Kier alpha value is -3.33. The molecule has 1 aromatic carbocycles. The van der Waals surface area contributed by atoms with Crippen molar-refractivity contribution in [3.05, 3.63) is 36.4 Å². The van der Waals surface area contributed by atoms with Gasteiger partial charge in [0.15, 0.2) is 11.5 Å². The molecule has 3 aliphatic carbocycles. The van der Waals surface area contributed by atoms with Gasteiger partial charge in [0.1, 0.15) is 30.2 Å². The molecule has 1 aliphatic heterocycles. The molecule has 224 valence electrons. The Morgan fingerprint density at radius 2 is 1.88 bits per heavy atom. The number of esters is 3. The maximum Gasteiger partial charge on any atom is 0.573 e. The number of fused-ring (bicyclic) bond motifs is 1. The van der Waals surface area contributed by atoms with Crippen molar-refractivity contribution in [2.24, 2.45) is 23.7 Å². The molecule has 4 aliphatic rings. The Balaban J connectivity index is 1.35. The molecule has 15 heteroatoms. The van der Waals surface area contributed by atoms with Gasteiger partial charge >= 0.3 is 24.3 Å². The fourth-order valence-electron chi connectivity index (χ4n) is 6.47. The van der Waals surface area contributed by atoms with Crippen LogP contribution < -0.4 is 9.47 Å². The maximum absolute atomic E-state index is 13.2. The summed E-state index contributed by atoms with van der Waals surface area (Å²) in [6.07, 6.45) is -2.53. The van der Waals surface area contributed by atoms with E-state index in [0.717, 1.165) is 31.0 Å². The Bertz CT molecular complexity index is 1350. The summed E-state index contributed by atoms with van der Waals surface area (Å²) in [5.41, 5.74) is -1.10. The van der Waals surface area contributed by atoms with Crippen molar-refractivity contribution >= 4 is 28.0 Å². The van der Waals surface area contributed by atoms with Crippen LogP contribution in [0.5, 0.6) is 11.5 Å². The molecule has 1 heterocycles. The van der Waals surface area contributed by atoms with Crippen molar-refractivity contribution < 1.29 is 64.2 Å². The molecule has 2 bridgehead atoms. The summed E-state index contributed by atoms with van der Waals surface area (Å²) in [5.74, 6) is -7.38. The predicted octanol–water partition coefficient (Wildman–Crippen LogP) is 3.23. The second-order valence-corrected chi connectivity index (χ2v) is 12.2. The van der Waals surface area contributed by atoms with Crippen molar-refractivity contribution in [1.82, 2.24) is 0 Å². The SMILES string of the molecule is C=CC1(Oc2cc(C(=O)OC3C4CC5C3OC(=O)C5C4C(=O)OCCS(=O)(=O)O)ccc2OC(F)(F)F)CCCC1. The zero-order valence-corrected chi connectivity index (χ0v) is 22.3. The Kier molecular flexibility index (Phi) is 7.47. The van der Waals surface area contributed by atoms with Crippen LogP contribution in [0.15, 0.2) is 30.9 Å². The van der Waals surface area contributed by atoms with Gasteiger partial charge in [-0.1, -0.05) is 6.58 Å². The van der Waals surface area contributed by atoms with Crippen LogP contribution in [-0.2, 0) is 33.9 Å². The maximum atomic E-state index is 13.2. The van der Waals surface area contributed by atoms with Crippen molar-refractivity contribution in [1.29, 1.82) is 0 Å². The van der Waals surface area contributed by atoms with Gasteiger partial charge in [0.2, 0.25) is 0 Å². The van der Waals surface area contributed by atoms with E-state index in [-0.39, 0.29) is 11.3 Å². The lowest BCUT2D eigenvalue weighted by Crippen LogP contribution is -2.44. The van der Waals surface area contributed by atoms with Crippen LogP contribution in [0.2, 0.25) is 0 Å². The fraction of sp³-hybridized carbons (Fsp3) is 0.577. The average Bonchev–Trinajstić information content (AvgIpc) is 3.62. The lowest BCUT2D eigenvalue weighted by atomic mass is 9.78. The number of carbonyl (C=O) groups excluding carboxylic acids is 3. The third-order valence-corrected chi connectivity index (χ3v) is 8.87. The van der Waals surface area contributed by atoms with Gasteiger partial charge in [0.05, 0.1) is 17.4 Å². The van der Waals surface area contributed by atoms with Gasteiger partial charge in [0.25, 0.3) is 10.1 Å². The smallest absolute Gasteiger partial charge is 0.479 e. The molecule has 11 nitrogen and oxygen atoms in total. The standard InChI is InChI=1S/C26H27F3O11S/c1-2-25(7-3-4-8-25)39-17-11-13(5-6-16(17)40-26(27,28)29)22(30)37-20-14-12-15-19(24(32)38-21(15)20)18(14)23(31)36-9-10-41(33,34)35/h2,5-6,11,14-15,18-21H,1,3-4,7-10,12H2,(H,33,34,35). The second-order valence-electron chi connectivity index (χ2n) is 10.6. The minimum Gasteiger partial charge on any atom is -0.479 e. The van der Waals surface area contributed by atoms with E-state index >= 15 is 0 Å². The van der Waals surface area contributed by atoms with Crippen LogP contribution in [0, 0.1) is 23.7 Å². The first-order valence-electron chi connectivity index (χ1n) is 13.0. The van der Waals surface area contributed by atoms with Gasteiger partial charge in [0, 0.05) is 11.8 Å². The molecule has 3 saturated carbocycles. The normalized spacial score (nSPS) is 29.6. The first-order chi connectivity index (χ1) is 19.2. The topological polar surface area (TPSA) is 152 Å². The number of alkyl halides is 3. The number of rotatable bonds is 10. The first-order valence-corrected chi connectivity index (χ1v) is 14.6. The minimum atomic E-state index is -5.02. The summed E-state index contributed by atoms with van der Waals surface area (Å²) >= 11 is 0. The Morgan fingerprint density at radius 1 is 1.17 bits per heavy atom. The van der Waals surface area contributed by atoms with Gasteiger partial charge < -0.3 is 23.7 Å². The van der Waals surface area contributed by atoms with Crippen molar-refractivity contribution in [3.63, 3.8) is 0 Å². The summed E-state index contributed by atoms with van der Waals surface area (Å²) in [7, 11) is -4.39. The summed E-state index contributed by atoms with van der Waals surface area (Å²) in [6, 6.07) is 3.08. The van der Waals surface area contributed by atoms with Gasteiger partial charge in [-0.05, 0) is 56.4 Å². The predicted molar refractivity (Wildman–Crippen MR) is 130 cm³/mol. The molecule has 1 saturated heterocycles. The van der Waals surface area contributed by atoms with Crippen molar-refractivity contribution in [2.75, 3.05) is 12.4 Å². The van der Waals surface area contributed by atoms with Crippen LogP contribution in [-0.4, -0.2) is 67.4 Å². The summed E-state index contributed by atoms with van der Waals surface area (Å²) in [4.78, 5) is 38.5. The largest absolute Gasteiger partial charge is 0.573 e. The molecular weight excluding hydrogens is 577 g/mol. The number of ether oxygens (including phenoxy) is 5. The summed E-state index contributed by atoms with van der Waals surface area (Å²) < 4.78 is 96.1. The first kappa shape index (κ1) is 29.2. The highest BCUT2D eigenvalue weighted by Crippen LogP contribution is 2.59. The fourth-order valence-corrected chi connectivity index (χ4v) is 6.76. The lowest BCUT2D eigenvalue weighted by Gasteiger charge is -2.30. The molecule has 6 atom stereocenters. The van der Waals surface area contributed by atoms with Crippen molar-refractivity contribution in [2.45, 2.75) is 56.3 Å². The third kappa shape index (κ3) is 5.87. The minimum absolute atomic E-state index is 0.164. The molecule has 6 unspecified atom stereocenters. The van der Waals surface area contributed by atoms with E-state index in [1.165, 1.54) is 6.08 Å². The van der Waals surface area contributed by atoms with Gasteiger partial charge in [-0.15, -0.1) is 13.2 Å². The third-order valence-electron chi connectivity index (χ3n) is 8.19. The van der Waals surface area contributed by atoms with E-state index in [4.69, 9.17) is 23.5 Å². The number of carbonyl (C=O) groups is 3. The monoisotopic (exact) mass is 604 g/mol. The molecular formula is C26H27F3O11S. The molecule has 41 heavy (non-hydrogen) atoms. The van der Waals surface area contributed by atoms with Crippen LogP contribution in [0.1, 0.15) is 42.5 Å². The van der Waals surface area contributed by atoms with Gasteiger partial charge in [-0.25, -0.2) is 4.79 Å². The van der Waals surface area contributed by atoms with E-state index < -0.39 is 94.0 Å². The van der Waals surface area contributed by atoms with E-state index in [2.05, 4.69) is 11.3 Å². The van der Waals surface area contributed by atoms with E-state index in [1.54, 1.807) is 0 Å². The van der Waals surface area contributed by atoms with Crippen LogP contribution >= 0.6 is 0 Å². The molecule has 0 radical (unpaired) electrons. The van der Waals surface area contributed by atoms with E-state index in [1.807, 2.05) is 0 Å². The zero-order valence-electron chi connectivity index (χ0n) is 21.5. The number of hydrogen-bond donors (Lipinski definition) is 1. The molecule has 0 aromatic heterocycles. The van der Waals surface area contributed by atoms with Crippen molar-refractivity contribution in [3.8, 4) is 11.5 Å². The molecule has 1 aromatic rings. The van der Waals surface area contributed by atoms with Crippen LogP contribution in [0.4, 0.5) is 13.2 Å². The Labute approximate surface area is 232 Å². The average molecular weight is 605 g/mol. The molecule has 0 amide bonds. The quantitative estimate of drug-likeness (QED) is 0.181. The van der Waals surface area contributed by atoms with Crippen LogP contribution in [0.3, 0.4) is 0 Å². The van der Waals surface area contributed by atoms with Gasteiger partial charge in [-0.2, -0.15) is 8.42 Å². The van der Waals surface area contributed by atoms with Gasteiger partial charge in [-0.3, -0.25) is 14.1 Å². The Morgan fingerprint density at radius 3 is 2.51 bits per heavy atom. The van der Waals surface area contributed by atoms with E-state index in [0.29, 0.717) is 19.3 Å². The second kappa shape index (κ2) is 10.5. The summed E-state index contributed by atoms with van der Waals surface area (Å²) in [6.45, 7) is 3.11. The van der Waals surface area contributed by atoms with E-state index in [9.17, 15) is 36.0 Å². The molecule has 4 fully saturated rings. The number of halogens is 3. The number of benzene rings is 1. The summed E-state index contributed by atoms with van der Waals surface area (Å²) in [5, 5.41) is 0. The zero-order chi connectivity index (χ0) is 29.7. The lowest BCUT2D eigenvalue weighted by molar-refractivity contribution is -0.275. The highest BCUT2D eigenvalue weighted by molar-refractivity contribution is 7.85. The van der Waals surface area contributed by atoms with Crippen LogP contribution in [0.25, 0.3) is 0 Å².